The number of carboxylic acid groups (broad SMARTS) is 1. The highest BCUT2D eigenvalue weighted by Gasteiger charge is 2.34. The molecule has 33 heavy (non-hydrogen) atoms. The Hall–Kier alpha value is -3.49. The van der Waals surface area contributed by atoms with Gasteiger partial charge in [-0.1, -0.05) is 18.2 Å². The van der Waals surface area contributed by atoms with E-state index in [1.807, 2.05) is 0 Å². The van der Waals surface area contributed by atoms with Crippen molar-refractivity contribution in [2.75, 3.05) is 19.6 Å². The third-order valence-corrected chi connectivity index (χ3v) is 5.22. The van der Waals surface area contributed by atoms with Crippen LogP contribution in [0.15, 0.2) is 42.5 Å². The molecule has 1 saturated heterocycles. The first-order chi connectivity index (χ1) is 15.4. The van der Waals surface area contributed by atoms with E-state index in [2.05, 4.69) is 0 Å². The fraction of sp³-hybridized carbons (Fsp3) is 0.375. The summed E-state index contributed by atoms with van der Waals surface area (Å²) in [6, 6.07) is 9.52. The van der Waals surface area contributed by atoms with Crippen molar-refractivity contribution in [3.63, 3.8) is 0 Å². The van der Waals surface area contributed by atoms with Crippen molar-refractivity contribution in [2.24, 2.45) is 0 Å². The summed E-state index contributed by atoms with van der Waals surface area (Å²) in [4.78, 5) is 39.1. The van der Waals surface area contributed by atoms with Crippen LogP contribution in [0.4, 0.5) is 13.6 Å². The van der Waals surface area contributed by atoms with E-state index in [0.29, 0.717) is 13.1 Å². The zero-order valence-electron chi connectivity index (χ0n) is 18.7. The highest BCUT2D eigenvalue weighted by molar-refractivity contribution is 5.87. The van der Waals surface area contributed by atoms with Gasteiger partial charge in [-0.3, -0.25) is 9.69 Å². The maximum Gasteiger partial charge on any atom is 0.411 e. The third kappa shape index (κ3) is 6.27. The molecule has 0 unspecified atom stereocenters. The quantitative estimate of drug-likeness (QED) is 0.704. The number of carbonyl (C=O) groups is 3. The van der Waals surface area contributed by atoms with Crippen LogP contribution in [0.5, 0.6) is 0 Å². The Morgan fingerprint density at radius 3 is 2.27 bits per heavy atom. The summed E-state index contributed by atoms with van der Waals surface area (Å²) >= 11 is 0. The van der Waals surface area contributed by atoms with Gasteiger partial charge in [0.1, 0.15) is 23.8 Å². The smallest absolute Gasteiger partial charge is 0.411 e. The lowest BCUT2D eigenvalue weighted by Crippen LogP contribution is -2.52. The molecule has 0 radical (unpaired) electrons. The van der Waals surface area contributed by atoms with Crippen LogP contribution in [0.1, 0.15) is 48.2 Å². The number of ether oxygens (including phenoxy) is 1. The molecule has 3 rings (SSSR count). The number of hydrogen-bond acceptors (Lipinski definition) is 4. The van der Waals surface area contributed by atoms with Crippen LogP contribution >= 0.6 is 0 Å². The second-order valence-corrected chi connectivity index (χ2v) is 8.99. The Morgan fingerprint density at radius 1 is 1.09 bits per heavy atom. The minimum Gasteiger partial charge on any atom is -0.478 e. The van der Waals surface area contributed by atoms with E-state index in [1.54, 1.807) is 37.8 Å². The predicted octanol–water partition coefficient (Wildman–Crippen LogP) is 4.03. The molecule has 0 spiro atoms. The van der Waals surface area contributed by atoms with Gasteiger partial charge in [0.05, 0.1) is 12.1 Å². The summed E-state index contributed by atoms with van der Waals surface area (Å²) in [6.45, 7) is 5.30. The second kappa shape index (κ2) is 9.56. The number of rotatable bonds is 6. The summed E-state index contributed by atoms with van der Waals surface area (Å²) < 4.78 is 32.8. The fourth-order valence-electron chi connectivity index (χ4n) is 3.42. The zero-order chi connectivity index (χ0) is 24.3. The predicted molar refractivity (Wildman–Crippen MR) is 116 cm³/mol. The van der Waals surface area contributed by atoms with Crippen molar-refractivity contribution in [3.8, 4) is 0 Å². The monoisotopic (exact) mass is 460 g/mol. The number of nitrogens with zero attached hydrogens (tertiary/aromatic N) is 2. The first-order valence-corrected chi connectivity index (χ1v) is 10.5. The summed E-state index contributed by atoms with van der Waals surface area (Å²) in [7, 11) is 0. The molecule has 2 aromatic carbocycles. The Balaban J connectivity index is 1.65. The van der Waals surface area contributed by atoms with Crippen LogP contribution in [0.3, 0.4) is 0 Å². The average molecular weight is 460 g/mol. The third-order valence-electron chi connectivity index (χ3n) is 5.22. The van der Waals surface area contributed by atoms with Crippen LogP contribution in [0, 0.1) is 11.6 Å². The van der Waals surface area contributed by atoms with Crippen LogP contribution in [0.2, 0.25) is 0 Å². The van der Waals surface area contributed by atoms with E-state index in [9.17, 15) is 23.2 Å². The number of carbonyl (C=O) groups excluding carboxylic acids is 2. The van der Waals surface area contributed by atoms with E-state index in [-0.39, 0.29) is 36.0 Å². The van der Waals surface area contributed by atoms with E-state index >= 15 is 0 Å². The minimum absolute atomic E-state index is 0.0568. The minimum atomic E-state index is -1.01. The number of hydrogen-bond donors (Lipinski definition) is 1. The molecule has 1 aliphatic heterocycles. The van der Waals surface area contributed by atoms with Crippen LogP contribution in [-0.2, 0) is 16.1 Å². The van der Waals surface area contributed by atoms with Crippen LogP contribution < -0.4 is 0 Å². The second-order valence-electron chi connectivity index (χ2n) is 8.99. The lowest BCUT2D eigenvalue weighted by molar-refractivity contribution is -0.137. The topological polar surface area (TPSA) is 87.2 Å². The maximum absolute atomic E-state index is 14.2. The summed E-state index contributed by atoms with van der Waals surface area (Å²) in [5.41, 5.74) is 0.354. The number of halogens is 2. The van der Waals surface area contributed by atoms with Crippen molar-refractivity contribution in [1.82, 2.24) is 9.80 Å². The van der Waals surface area contributed by atoms with Gasteiger partial charge in [-0.25, -0.2) is 18.4 Å². The first kappa shape index (κ1) is 24.2. The van der Waals surface area contributed by atoms with Crippen molar-refractivity contribution in [1.29, 1.82) is 0 Å². The SMILES string of the molecule is CC(C)(C)OC(=O)N(CC(=O)N1CC(c2ccc(C(=O)O)cc2)C1)Cc1ccc(F)cc1F. The zero-order valence-corrected chi connectivity index (χ0v) is 18.7. The molecule has 0 aromatic heterocycles. The summed E-state index contributed by atoms with van der Waals surface area (Å²) in [5.74, 6) is -2.83. The first-order valence-electron chi connectivity index (χ1n) is 10.5. The Kier molecular flexibility index (Phi) is 7.00. The number of amides is 2. The standard InChI is InChI=1S/C24H26F2N2O5/c1-24(2,3)33-23(32)28(11-17-8-9-19(25)10-20(17)26)14-21(29)27-12-18(13-27)15-4-6-16(7-5-15)22(30)31/h4-10,18H,11-14H2,1-3H3,(H,30,31). The van der Waals surface area contributed by atoms with Crippen molar-refractivity contribution in [3.05, 3.63) is 70.8 Å². The van der Waals surface area contributed by atoms with Crippen molar-refractivity contribution < 1.29 is 33.0 Å². The van der Waals surface area contributed by atoms with E-state index in [4.69, 9.17) is 9.84 Å². The molecule has 0 atom stereocenters. The van der Waals surface area contributed by atoms with Gasteiger partial charge < -0.3 is 14.7 Å². The molecule has 1 heterocycles. The molecule has 1 N–H and O–H groups in total. The Bertz CT molecular complexity index is 1040. The summed E-state index contributed by atoms with van der Waals surface area (Å²) in [6.07, 6.45) is -0.777. The van der Waals surface area contributed by atoms with Crippen molar-refractivity contribution in [2.45, 2.75) is 38.8 Å². The van der Waals surface area contributed by atoms with Crippen molar-refractivity contribution >= 4 is 18.0 Å². The lowest BCUT2D eigenvalue weighted by atomic mass is 9.91. The molecule has 2 amide bonds. The lowest BCUT2D eigenvalue weighted by Gasteiger charge is -2.40. The van der Waals surface area contributed by atoms with Gasteiger partial charge in [-0.2, -0.15) is 0 Å². The molecule has 2 aromatic rings. The molecule has 1 aliphatic rings. The van der Waals surface area contributed by atoms with Crippen LogP contribution in [0.25, 0.3) is 0 Å². The van der Waals surface area contributed by atoms with Gasteiger partial charge in [0.2, 0.25) is 5.91 Å². The Morgan fingerprint density at radius 2 is 1.73 bits per heavy atom. The van der Waals surface area contributed by atoms with Gasteiger partial charge in [-0.15, -0.1) is 0 Å². The van der Waals surface area contributed by atoms with Gasteiger partial charge in [0.15, 0.2) is 0 Å². The highest BCUT2D eigenvalue weighted by Crippen LogP contribution is 2.28. The normalized spacial score (nSPS) is 13.9. The molecule has 0 bridgehead atoms. The van der Waals surface area contributed by atoms with E-state index < -0.39 is 29.3 Å². The highest BCUT2D eigenvalue weighted by atomic mass is 19.1. The molecule has 0 saturated carbocycles. The van der Waals surface area contributed by atoms with Gasteiger partial charge >= 0.3 is 12.1 Å². The van der Waals surface area contributed by atoms with E-state index in [0.717, 1.165) is 22.6 Å². The number of benzene rings is 2. The van der Waals surface area contributed by atoms with Gasteiger partial charge in [0.25, 0.3) is 0 Å². The van der Waals surface area contributed by atoms with Crippen LogP contribution in [-0.4, -0.2) is 58.1 Å². The number of aromatic carboxylic acids is 1. The number of carboxylic acids is 1. The molecule has 176 valence electrons. The fourth-order valence-corrected chi connectivity index (χ4v) is 3.42. The maximum atomic E-state index is 14.2. The van der Waals surface area contributed by atoms with Gasteiger partial charge in [-0.05, 0) is 44.5 Å². The van der Waals surface area contributed by atoms with E-state index in [1.165, 1.54) is 18.2 Å². The molecule has 7 nitrogen and oxygen atoms in total. The summed E-state index contributed by atoms with van der Waals surface area (Å²) in [5, 5.41) is 9.00. The molecular formula is C24H26F2N2O5. The Labute approximate surface area is 190 Å². The average Bonchev–Trinajstić information content (AvgIpc) is 2.67. The molecule has 0 aliphatic carbocycles. The molecule has 9 heteroatoms. The van der Waals surface area contributed by atoms with Gasteiger partial charge in [0, 0.05) is 30.6 Å². The molecule has 1 fully saturated rings. The molecular weight excluding hydrogens is 434 g/mol. The largest absolute Gasteiger partial charge is 0.478 e. The number of likely N-dealkylation sites (tertiary alicyclic amines) is 1.